The molecule has 192 valence electrons. The number of benzene rings is 4. The van der Waals surface area contributed by atoms with Gasteiger partial charge in [-0.1, -0.05) is 72.4 Å². The molecule has 9 heteroatoms. The van der Waals surface area contributed by atoms with Crippen LogP contribution in [0.5, 0.6) is 0 Å². The summed E-state index contributed by atoms with van der Waals surface area (Å²) in [7, 11) is 0. The van der Waals surface area contributed by atoms with E-state index >= 15 is 0 Å². The fourth-order valence-electron chi connectivity index (χ4n) is 4.74. The molecule has 6 rings (SSSR count). The lowest BCUT2D eigenvalue weighted by atomic mass is 9.94. The molecule has 1 aromatic heterocycles. The zero-order chi connectivity index (χ0) is 26.8. The number of thioether (sulfide) groups is 1. The van der Waals surface area contributed by atoms with E-state index in [4.69, 9.17) is 0 Å². The molecular weight excluding hydrogens is 510 g/mol. The maximum absolute atomic E-state index is 13.3. The Bertz CT molecular complexity index is 1650. The first kappa shape index (κ1) is 24.6. The second-order valence-corrected chi connectivity index (χ2v) is 9.94. The Morgan fingerprint density at radius 2 is 1.41 bits per heavy atom. The number of nitrogens with zero attached hydrogens (tertiary/aromatic N) is 4. The second kappa shape index (κ2) is 10.5. The van der Waals surface area contributed by atoms with Crippen molar-refractivity contribution in [2.45, 2.75) is 11.6 Å². The standard InChI is InChI=1S/C30H23N5O3S/c36-26(31-21-11-3-1-4-12-21)19-39-30-33-32-25(35(30)22-13-5-2-6-14-22)17-18-34-28(37)23-15-7-9-20-10-8-16-24(27(20)23)29(34)38/h1-16H,17-19H2,(H,31,36). The summed E-state index contributed by atoms with van der Waals surface area (Å²) in [4.78, 5) is 40.5. The molecule has 39 heavy (non-hydrogen) atoms. The molecule has 1 aliphatic heterocycles. The van der Waals surface area contributed by atoms with E-state index in [1.54, 1.807) is 12.1 Å². The zero-order valence-electron chi connectivity index (χ0n) is 20.8. The largest absolute Gasteiger partial charge is 0.325 e. The van der Waals surface area contributed by atoms with Crippen molar-refractivity contribution >= 4 is 45.9 Å². The third-order valence-electron chi connectivity index (χ3n) is 6.52. The van der Waals surface area contributed by atoms with E-state index in [0.717, 1.165) is 16.8 Å². The summed E-state index contributed by atoms with van der Waals surface area (Å²) >= 11 is 1.27. The lowest BCUT2D eigenvalue weighted by Gasteiger charge is -2.27. The smallest absolute Gasteiger partial charge is 0.261 e. The minimum atomic E-state index is -0.317. The molecular formula is C30H23N5O3S. The van der Waals surface area contributed by atoms with Gasteiger partial charge in [0, 0.05) is 40.9 Å². The van der Waals surface area contributed by atoms with Crippen molar-refractivity contribution in [3.63, 3.8) is 0 Å². The third kappa shape index (κ3) is 4.80. The first-order valence-electron chi connectivity index (χ1n) is 12.5. The highest BCUT2D eigenvalue weighted by molar-refractivity contribution is 7.99. The van der Waals surface area contributed by atoms with E-state index in [9.17, 15) is 14.4 Å². The lowest BCUT2D eigenvalue weighted by molar-refractivity contribution is -0.113. The first-order chi connectivity index (χ1) is 19.1. The molecule has 0 spiro atoms. The highest BCUT2D eigenvalue weighted by atomic mass is 32.2. The minimum absolute atomic E-state index is 0.143. The number of hydrogen-bond donors (Lipinski definition) is 1. The van der Waals surface area contributed by atoms with Gasteiger partial charge in [0.25, 0.3) is 11.8 Å². The molecule has 0 saturated heterocycles. The van der Waals surface area contributed by atoms with Crippen LogP contribution in [0.4, 0.5) is 5.69 Å². The average molecular weight is 534 g/mol. The molecule has 0 unspecified atom stereocenters. The Morgan fingerprint density at radius 1 is 0.769 bits per heavy atom. The number of hydrogen-bond acceptors (Lipinski definition) is 6. The predicted molar refractivity (Wildman–Crippen MR) is 150 cm³/mol. The fraction of sp³-hybridized carbons (Fsp3) is 0.100. The molecule has 0 fully saturated rings. The summed E-state index contributed by atoms with van der Waals surface area (Å²) in [6.07, 6.45) is 0.300. The van der Waals surface area contributed by atoms with Crippen LogP contribution in [0.25, 0.3) is 16.5 Å². The van der Waals surface area contributed by atoms with Gasteiger partial charge in [-0.2, -0.15) is 0 Å². The molecule has 1 aliphatic rings. The SMILES string of the molecule is O=C(CSc1nnc(CCN2C(=O)c3cccc4cccc(c34)C2=O)n1-c1ccccc1)Nc1ccccc1. The van der Waals surface area contributed by atoms with Crippen LogP contribution in [0.1, 0.15) is 26.5 Å². The maximum Gasteiger partial charge on any atom is 0.261 e. The van der Waals surface area contributed by atoms with Crippen LogP contribution in [-0.4, -0.2) is 49.7 Å². The molecule has 0 atom stereocenters. The van der Waals surface area contributed by atoms with Gasteiger partial charge < -0.3 is 5.32 Å². The highest BCUT2D eigenvalue weighted by Crippen LogP contribution is 2.30. The van der Waals surface area contributed by atoms with Crippen LogP contribution in [0, 0.1) is 0 Å². The Kier molecular flexibility index (Phi) is 6.64. The Hall–Kier alpha value is -4.76. The van der Waals surface area contributed by atoms with Gasteiger partial charge in [-0.25, -0.2) is 0 Å². The minimum Gasteiger partial charge on any atom is -0.325 e. The summed E-state index contributed by atoms with van der Waals surface area (Å²) in [6, 6.07) is 29.8. The van der Waals surface area contributed by atoms with Crippen LogP contribution < -0.4 is 5.32 Å². The van der Waals surface area contributed by atoms with Gasteiger partial charge in [0.1, 0.15) is 5.82 Å². The average Bonchev–Trinajstić information content (AvgIpc) is 3.38. The van der Waals surface area contributed by atoms with Crippen molar-refractivity contribution in [1.29, 1.82) is 0 Å². The molecule has 0 aliphatic carbocycles. The number of anilines is 1. The van der Waals surface area contributed by atoms with Crippen LogP contribution in [0.15, 0.2) is 102 Å². The van der Waals surface area contributed by atoms with Crippen molar-refractivity contribution in [2.24, 2.45) is 0 Å². The number of imide groups is 1. The number of aromatic nitrogens is 3. The summed E-state index contributed by atoms with van der Waals surface area (Å²) < 4.78 is 1.87. The molecule has 5 aromatic rings. The van der Waals surface area contributed by atoms with E-state index in [1.165, 1.54) is 16.7 Å². The number of nitrogens with one attached hydrogen (secondary N) is 1. The molecule has 4 aromatic carbocycles. The topological polar surface area (TPSA) is 97.2 Å². The summed E-state index contributed by atoms with van der Waals surface area (Å²) in [5.74, 6) is -0.0638. The Morgan fingerprint density at radius 3 is 2.08 bits per heavy atom. The third-order valence-corrected chi connectivity index (χ3v) is 7.45. The van der Waals surface area contributed by atoms with Crippen molar-refractivity contribution in [3.05, 3.63) is 114 Å². The van der Waals surface area contributed by atoms with Crippen molar-refractivity contribution in [3.8, 4) is 5.69 Å². The monoisotopic (exact) mass is 533 g/mol. The van der Waals surface area contributed by atoms with E-state index in [1.807, 2.05) is 89.5 Å². The second-order valence-electron chi connectivity index (χ2n) is 8.99. The van der Waals surface area contributed by atoms with Gasteiger partial charge in [-0.05, 0) is 41.8 Å². The number of rotatable bonds is 8. The van der Waals surface area contributed by atoms with E-state index < -0.39 is 0 Å². The Labute approximate surface area is 228 Å². The first-order valence-corrected chi connectivity index (χ1v) is 13.4. The molecule has 1 N–H and O–H groups in total. The van der Waals surface area contributed by atoms with Crippen molar-refractivity contribution in [1.82, 2.24) is 19.7 Å². The summed E-state index contributed by atoms with van der Waals surface area (Å²) in [6.45, 7) is 0.145. The molecule has 0 saturated carbocycles. The predicted octanol–water partition coefficient (Wildman–Crippen LogP) is 4.99. The molecule has 8 nitrogen and oxygen atoms in total. The lowest BCUT2D eigenvalue weighted by Crippen LogP contribution is -2.41. The van der Waals surface area contributed by atoms with Gasteiger partial charge in [-0.3, -0.25) is 23.9 Å². The van der Waals surface area contributed by atoms with Gasteiger partial charge in [0.2, 0.25) is 5.91 Å². The van der Waals surface area contributed by atoms with Crippen LogP contribution >= 0.6 is 11.8 Å². The normalized spacial score (nSPS) is 12.7. The molecule has 0 radical (unpaired) electrons. The van der Waals surface area contributed by atoms with Gasteiger partial charge in [0.15, 0.2) is 5.16 Å². The van der Waals surface area contributed by atoms with Gasteiger partial charge in [-0.15, -0.1) is 10.2 Å². The Balaban J connectivity index is 1.23. The number of carbonyl (C=O) groups is 3. The summed E-state index contributed by atoms with van der Waals surface area (Å²) in [5, 5.41) is 13.7. The highest BCUT2D eigenvalue weighted by Gasteiger charge is 2.32. The quantitative estimate of drug-likeness (QED) is 0.223. The van der Waals surface area contributed by atoms with Crippen molar-refractivity contribution in [2.75, 3.05) is 17.6 Å². The fourth-order valence-corrected chi connectivity index (χ4v) is 5.51. The summed E-state index contributed by atoms with van der Waals surface area (Å²) in [5.41, 5.74) is 2.59. The maximum atomic E-state index is 13.3. The molecule has 2 heterocycles. The van der Waals surface area contributed by atoms with E-state index in [2.05, 4.69) is 15.5 Å². The number of carbonyl (C=O) groups excluding carboxylic acids is 3. The van der Waals surface area contributed by atoms with Crippen LogP contribution in [0.3, 0.4) is 0 Å². The number of amides is 3. The van der Waals surface area contributed by atoms with Gasteiger partial charge in [0.05, 0.1) is 5.75 Å². The van der Waals surface area contributed by atoms with E-state index in [-0.39, 0.29) is 30.0 Å². The van der Waals surface area contributed by atoms with Gasteiger partial charge >= 0.3 is 0 Å². The van der Waals surface area contributed by atoms with Crippen LogP contribution in [0.2, 0.25) is 0 Å². The van der Waals surface area contributed by atoms with E-state index in [0.29, 0.717) is 33.9 Å². The molecule has 3 amide bonds. The van der Waals surface area contributed by atoms with Crippen LogP contribution in [-0.2, 0) is 11.2 Å². The number of para-hydroxylation sites is 2. The van der Waals surface area contributed by atoms with Crippen molar-refractivity contribution < 1.29 is 14.4 Å². The zero-order valence-corrected chi connectivity index (χ0v) is 21.6. The molecule has 0 bridgehead atoms.